The molecular formula is C19H21N3OS. The number of benzene rings is 2. The lowest BCUT2D eigenvalue weighted by Gasteiger charge is -2.23. The van der Waals surface area contributed by atoms with Gasteiger partial charge < -0.3 is 5.32 Å². The predicted molar refractivity (Wildman–Crippen MR) is 101 cm³/mol. The number of nitrogens with one attached hydrogen (secondary N) is 3. The normalized spacial score (nSPS) is 12.1. The van der Waals surface area contributed by atoms with Crippen molar-refractivity contribution in [3.63, 3.8) is 0 Å². The lowest BCUT2D eigenvalue weighted by molar-refractivity contribution is 0.0942. The molecule has 0 atom stereocenters. The molecule has 1 aliphatic rings. The Kier molecular flexibility index (Phi) is 4.28. The fraction of sp³-hybridized carbons (Fsp3) is 0.263. The molecule has 0 saturated heterocycles. The molecule has 0 bridgehead atoms. The van der Waals surface area contributed by atoms with Crippen molar-refractivity contribution >= 4 is 23.2 Å². The molecule has 1 amide bonds. The largest absolute Gasteiger partial charge is 0.357 e. The molecule has 1 aliphatic carbocycles. The number of carbonyl (C=O) groups is 1. The van der Waals surface area contributed by atoms with Gasteiger partial charge in [-0.2, -0.15) is 0 Å². The molecule has 2 aromatic rings. The minimum atomic E-state index is -0.183. The Morgan fingerprint density at radius 1 is 1.00 bits per heavy atom. The van der Waals surface area contributed by atoms with Gasteiger partial charge in [-0.15, -0.1) is 0 Å². The van der Waals surface area contributed by atoms with Crippen LogP contribution in [0.4, 0.5) is 0 Å². The quantitative estimate of drug-likeness (QED) is 0.471. The van der Waals surface area contributed by atoms with Crippen molar-refractivity contribution in [3.05, 3.63) is 59.2 Å². The fourth-order valence-electron chi connectivity index (χ4n) is 2.92. The van der Waals surface area contributed by atoms with E-state index in [9.17, 15) is 4.79 Å². The van der Waals surface area contributed by atoms with Crippen LogP contribution in [0.15, 0.2) is 42.5 Å². The maximum absolute atomic E-state index is 12.6. The van der Waals surface area contributed by atoms with Gasteiger partial charge in [-0.05, 0) is 67.7 Å². The van der Waals surface area contributed by atoms with Crippen LogP contribution in [0.2, 0.25) is 0 Å². The Bertz CT molecular complexity index is 808. The Balaban J connectivity index is 1.75. The summed E-state index contributed by atoms with van der Waals surface area (Å²) in [7, 11) is 0. The Hall–Kier alpha value is -2.40. The molecule has 5 heteroatoms. The zero-order valence-corrected chi connectivity index (χ0v) is 14.9. The first kappa shape index (κ1) is 16.5. The average Bonchev–Trinajstić information content (AvgIpc) is 2.89. The molecule has 4 nitrogen and oxygen atoms in total. The molecule has 0 fully saturated rings. The summed E-state index contributed by atoms with van der Waals surface area (Å²) in [4.78, 5) is 12.6. The number of hydrogen-bond acceptors (Lipinski definition) is 2. The van der Waals surface area contributed by atoms with E-state index in [0.717, 1.165) is 17.5 Å². The second-order valence-electron chi connectivity index (χ2n) is 6.95. The maximum atomic E-state index is 12.6. The van der Waals surface area contributed by atoms with E-state index in [2.05, 4.69) is 34.4 Å². The Morgan fingerprint density at radius 2 is 1.71 bits per heavy atom. The van der Waals surface area contributed by atoms with E-state index >= 15 is 0 Å². The molecule has 0 unspecified atom stereocenters. The van der Waals surface area contributed by atoms with Crippen LogP contribution in [0.3, 0.4) is 0 Å². The van der Waals surface area contributed by atoms with E-state index in [1.165, 1.54) is 11.1 Å². The van der Waals surface area contributed by atoms with Gasteiger partial charge in [0.2, 0.25) is 0 Å². The van der Waals surface area contributed by atoms with Gasteiger partial charge in [-0.1, -0.05) is 36.4 Å². The van der Waals surface area contributed by atoms with Crippen LogP contribution in [0.5, 0.6) is 0 Å². The van der Waals surface area contributed by atoms with E-state index in [4.69, 9.17) is 12.2 Å². The van der Waals surface area contributed by atoms with Crippen LogP contribution in [-0.4, -0.2) is 16.6 Å². The summed E-state index contributed by atoms with van der Waals surface area (Å²) >= 11 is 5.19. The lowest BCUT2D eigenvalue weighted by Crippen LogP contribution is -2.52. The molecule has 2 aromatic carbocycles. The van der Waals surface area contributed by atoms with Gasteiger partial charge in [0, 0.05) is 11.1 Å². The molecule has 124 valence electrons. The first-order valence-corrected chi connectivity index (χ1v) is 8.34. The van der Waals surface area contributed by atoms with E-state index in [0.29, 0.717) is 10.7 Å². The van der Waals surface area contributed by atoms with Crippen molar-refractivity contribution in [1.82, 2.24) is 16.2 Å². The second-order valence-corrected chi connectivity index (χ2v) is 7.36. The molecule has 0 spiro atoms. The molecule has 3 N–H and O–H groups in total. The van der Waals surface area contributed by atoms with Crippen molar-refractivity contribution < 1.29 is 4.79 Å². The van der Waals surface area contributed by atoms with Gasteiger partial charge in [0.25, 0.3) is 5.91 Å². The Labute approximate surface area is 147 Å². The summed E-state index contributed by atoms with van der Waals surface area (Å²) in [5.74, 6) is -0.183. The monoisotopic (exact) mass is 339 g/mol. The first-order valence-electron chi connectivity index (χ1n) is 7.94. The minimum Gasteiger partial charge on any atom is -0.357 e. The van der Waals surface area contributed by atoms with Crippen LogP contribution in [-0.2, 0) is 6.42 Å². The highest BCUT2D eigenvalue weighted by Crippen LogP contribution is 2.37. The molecule has 24 heavy (non-hydrogen) atoms. The van der Waals surface area contributed by atoms with E-state index in [-0.39, 0.29) is 11.4 Å². The van der Waals surface area contributed by atoms with Gasteiger partial charge in [0.05, 0.1) is 0 Å². The van der Waals surface area contributed by atoms with Crippen molar-refractivity contribution in [2.45, 2.75) is 32.7 Å². The van der Waals surface area contributed by atoms with Crippen LogP contribution in [0.1, 0.15) is 42.3 Å². The third kappa shape index (κ3) is 3.41. The summed E-state index contributed by atoms with van der Waals surface area (Å²) in [6.45, 7) is 6.01. The van der Waals surface area contributed by atoms with Crippen LogP contribution in [0, 0.1) is 0 Å². The fourth-order valence-corrected chi connectivity index (χ4v) is 3.28. The third-order valence-corrected chi connectivity index (χ3v) is 4.08. The van der Waals surface area contributed by atoms with Crippen molar-refractivity contribution in [2.24, 2.45) is 0 Å². The van der Waals surface area contributed by atoms with E-state index < -0.39 is 0 Å². The smallest absolute Gasteiger partial charge is 0.269 e. The summed E-state index contributed by atoms with van der Waals surface area (Å²) in [6, 6.07) is 14.1. The summed E-state index contributed by atoms with van der Waals surface area (Å²) < 4.78 is 0. The molecular weight excluding hydrogens is 318 g/mol. The highest BCUT2D eigenvalue weighted by atomic mass is 32.1. The van der Waals surface area contributed by atoms with E-state index in [1.54, 1.807) is 0 Å². The first-order chi connectivity index (χ1) is 11.3. The summed E-state index contributed by atoms with van der Waals surface area (Å²) in [6.07, 6.45) is 0.778. The number of hydrogen-bond donors (Lipinski definition) is 3. The average molecular weight is 339 g/mol. The van der Waals surface area contributed by atoms with Crippen molar-refractivity contribution in [2.75, 3.05) is 0 Å². The standard InChI is InChI=1S/C19H21N3OS/c1-19(2,3)20-18(24)22-21-17(23)15-10-6-9-14-13-8-5-4-7-12(13)11-16(14)15/h4-10H,11H2,1-3H3,(H,21,23)(H2,20,22,24). The number of hydrazine groups is 1. The van der Waals surface area contributed by atoms with Crippen molar-refractivity contribution in [1.29, 1.82) is 0 Å². The summed E-state index contributed by atoms with van der Waals surface area (Å²) in [5.41, 5.74) is 10.6. The van der Waals surface area contributed by atoms with Crippen molar-refractivity contribution in [3.8, 4) is 11.1 Å². The number of rotatable bonds is 1. The predicted octanol–water partition coefficient (Wildman–Crippen LogP) is 3.17. The summed E-state index contributed by atoms with van der Waals surface area (Å²) in [5, 5.41) is 3.49. The van der Waals surface area contributed by atoms with Crippen LogP contribution >= 0.6 is 12.2 Å². The zero-order valence-electron chi connectivity index (χ0n) is 14.1. The highest BCUT2D eigenvalue weighted by molar-refractivity contribution is 7.80. The highest BCUT2D eigenvalue weighted by Gasteiger charge is 2.23. The molecule has 0 aliphatic heterocycles. The molecule has 0 heterocycles. The van der Waals surface area contributed by atoms with Crippen LogP contribution < -0.4 is 16.2 Å². The van der Waals surface area contributed by atoms with Gasteiger partial charge in [-0.3, -0.25) is 15.6 Å². The zero-order chi connectivity index (χ0) is 17.3. The van der Waals surface area contributed by atoms with Gasteiger partial charge in [0.15, 0.2) is 5.11 Å². The lowest BCUT2D eigenvalue weighted by atomic mass is 10.0. The number of thiocarbonyl (C=S) groups is 1. The number of fused-ring (bicyclic) bond motifs is 3. The van der Waals surface area contributed by atoms with Crippen LogP contribution in [0.25, 0.3) is 11.1 Å². The topological polar surface area (TPSA) is 53.2 Å². The molecule has 0 saturated carbocycles. The van der Waals surface area contributed by atoms with Gasteiger partial charge >= 0.3 is 0 Å². The van der Waals surface area contributed by atoms with Gasteiger partial charge in [-0.25, -0.2) is 0 Å². The number of carbonyl (C=O) groups excluding carboxylic acids is 1. The third-order valence-electron chi connectivity index (χ3n) is 3.87. The second kappa shape index (κ2) is 6.24. The van der Waals surface area contributed by atoms with Gasteiger partial charge in [0.1, 0.15) is 0 Å². The molecule has 3 rings (SSSR count). The molecule has 0 aromatic heterocycles. The molecule has 0 radical (unpaired) electrons. The number of amides is 1. The SMILES string of the molecule is CC(C)(C)NC(=S)NNC(=O)c1cccc2c1Cc1ccccc1-2. The minimum absolute atomic E-state index is 0.162. The Morgan fingerprint density at radius 3 is 2.46 bits per heavy atom. The maximum Gasteiger partial charge on any atom is 0.269 e. The van der Waals surface area contributed by atoms with E-state index in [1.807, 2.05) is 45.0 Å².